The van der Waals surface area contributed by atoms with Crippen molar-refractivity contribution < 1.29 is 29.0 Å². The number of aromatic amines is 1. The highest BCUT2D eigenvalue weighted by Gasteiger charge is 2.47. The van der Waals surface area contributed by atoms with Crippen LogP contribution in [0.2, 0.25) is 0 Å². The third-order valence-electron chi connectivity index (χ3n) is 6.42. The Kier molecular flexibility index (Phi) is 7.32. The number of rotatable bonds is 7. The standard InChI is InChI=1S/C25H30N4O6/c1-4-35-25(33)20-15(2)18(16(3)27-20)22(30)19-21(17-7-5-6-8-26-17)29(24(32)23(19)31)10-9-28-11-13-34-14-12-28/h5-8,21,27,30H,4,9-14H2,1-3H3/t21-/m0/s1. The van der Waals surface area contributed by atoms with Gasteiger partial charge in [-0.2, -0.15) is 0 Å². The number of hydrogen-bond acceptors (Lipinski definition) is 8. The van der Waals surface area contributed by atoms with Gasteiger partial charge in [0.2, 0.25) is 0 Å². The zero-order valence-corrected chi connectivity index (χ0v) is 20.2. The van der Waals surface area contributed by atoms with Crippen molar-refractivity contribution in [2.75, 3.05) is 46.0 Å². The summed E-state index contributed by atoms with van der Waals surface area (Å²) in [5.41, 5.74) is 1.87. The Labute approximate surface area is 203 Å². The van der Waals surface area contributed by atoms with Crippen LogP contribution >= 0.6 is 0 Å². The molecule has 0 aromatic carbocycles. The molecule has 4 heterocycles. The lowest BCUT2D eigenvalue weighted by Crippen LogP contribution is -2.42. The third kappa shape index (κ3) is 4.71. The summed E-state index contributed by atoms with van der Waals surface area (Å²) in [5.74, 6) is -2.36. The normalized spacial score (nSPS) is 20.4. The molecule has 10 heteroatoms. The van der Waals surface area contributed by atoms with Crippen LogP contribution in [0.1, 0.15) is 46.0 Å². The van der Waals surface area contributed by atoms with Crippen molar-refractivity contribution in [1.82, 2.24) is 19.8 Å². The van der Waals surface area contributed by atoms with E-state index in [-0.39, 0.29) is 23.6 Å². The average molecular weight is 483 g/mol. The number of ether oxygens (including phenoxy) is 2. The van der Waals surface area contributed by atoms with E-state index in [0.717, 1.165) is 13.1 Å². The molecule has 35 heavy (non-hydrogen) atoms. The molecule has 0 saturated carbocycles. The molecule has 2 saturated heterocycles. The van der Waals surface area contributed by atoms with Crippen LogP contribution < -0.4 is 0 Å². The van der Waals surface area contributed by atoms with Crippen molar-refractivity contribution in [2.24, 2.45) is 0 Å². The first-order chi connectivity index (χ1) is 16.8. The Balaban J connectivity index is 1.77. The number of morpholine rings is 1. The molecule has 1 atom stereocenters. The van der Waals surface area contributed by atoms with E-state index in [4.69, 9.17) is 9.47 Å². The first-order valence-corrected chi connectivity index (χ1v) is 11.7. The maximum atomic E-state index is 13.3. The summed E-state index contributed by atoms with van der Waals surface area (Å²) in [6, 6.07) is 4.40. The van der Waals surface area contributed by atoms with Gasteiger partial charge in [0, 0.05) is 43.6 Å². The fourth-order valence-electron chi connectivity index (χ4n) is 4.68. The highest BCUT2D eigenvalue weighted by atomic mass is 16.5. The molecule has 0 unspecified atom stereocenters. The zero-order valence-electron chi connectivity index (χ0n) is 20.2. The minimum absolute atomic E-state index is 0.0451. The molecule has 2 aromatic rings. The molecule has 2 aliphatic rings. The number of aliphatic hydroxyl groups is 1. The maximum absolute atomic E-state index is 13.3. The minimum Gasteiger partial charge on any atom is -0.507 e. The number of nitrogens with zero attached hydrogens (tertiary/aromatic N) is 3. The number of esters is 1. The Bertz CT molecular complexity index is 1150. The smallest absolute Gasteiger partial charge is 0.355 e. The summed E-state index contributed by atoms with van der Waals surface area (Å²) < 4.78 is 10.5. The fraction of sp³-hybridized carbons (Fsp3) is 0.440. The van der Waals surface area contributed by atoms with E-state index >= 15 is 0 Å². The molecule has 0 aliphatic carbocycles. The van der Waals surface area contributed by atoms with Gasteiger partial charge in [0.15, 0.2) is 0 Å². The van der Waals surface area contributed by atoms with E-state index in [0.29, 0.717) is 48.8 Å². The van der Waals surface area contributed by atoms with E-state index in [1.807, 2.05) is 0 Å². The van der Waals surface area contributed by atoms with Crippen LogP contribution in [0.15, 0.2) is 30.0 Å². The van der Waals surface area contributed by atoms with Gasteiger partial charge in [-0.25, -0.2) is 4.79 Å². The number of aliphatic hydroxyl groups excluding tert-OH is 1. The Morgan fingerprint density at radius 3 is 2.63 bits per heavy atom. The summed E-state index contributed by atoms with van der Waals surface area (Å²) >= 11 is 0. The number of aryl methyl sites for hydroxylation is 1. The summed E-state index contributed by atoms with van der Waals surface area (Å²) in [7, 11) is 0. The highest BCUT2D eigenvalue weighted by Crippen LogP contribution is 2.40. The first kappa shape index (κ1) is 24.6. The molecule has 1 amide bonds. The van der Waals surface area contributed by atoms with Crippen molar-refractivity contribution in [2.45, 2.75) is 26.8 Å². The molecular formula is C25H30N4O6. The van der Waals surface area contributed by atoms with Crippen LogP contribution in [0.3, 0.4) is 0 Å². The molecule has 10 nitrogen and oxygen atoms in total. The monoisotopic (exact) mass is 482 g/mol. The number of carbonyl (C=O) groups is 3. The van der Waals surface area contributed by atoms with Gasteiger partial charge in [0.05, 0.1) is 31.1 Å². The number of amides is 1. The summed E-state index contributed by atoms with van der Waals surface area (Å²) in [6.07, 6.45) is 1.59. The quantitative estimate of drug-likeness (QED) is 0.266. The van der Waals surface area contributed by atoms with E-state index in [2.05, 4.69) is 14.9 Å². The van der Waals surface area contributed by atoms with Crippen LogP contribution in [0.4, 0.5) is 0 Å². The number of likely N-dealkylation sites (tertiary alicyclic amines) is 1. The van der Waals surface area contributed by atoms with Gasteiger partial charge in [-0.15, -0.1) is 0 Å². The molecule has 0 spiro atoms. The summed E-state index contributed by atoms with van der Waals surface area (Å²) in [6.45, 7) is 8.85. The van der Waals surface area contributed by atoms with E-state index in [9.17, 15) is 19.5 Å². The summed E-state index contributed by atoms with van der Waals surface area (Å²) in [4.78, 5) is 49.8. The second-order valence-corrected chi connectivity index (χ2v) is 8.55. The van der Waals surface area contributed by atoms with Crippen LogP contribution in [-0.2, 0) is 19.1 Å². The largest absolute Gasteiger partial charge is 0.507 e. The zero-order chi connectivity index (χ0) is 25.1. The van der Waals surface area contributed by atoms with Crippen LogP contribution in [-0.4, -0.2) is 88.5 Å². The van der Waals surface area contributed by atoms with Gasteiger partial charge >= 0.3 is 5.97 Å². The Hall–Kier alpha value is -3.50. The van der Waals surface area contributed by atoms with Gasteiger partial charge in [0.1, 0.15) is 17.5 Å². The number of aromatic nitrogens is 2. The number of Topliss-reactive ketones (excluding diaryl/α,β-unsaturated/α-hetero) is 1. The van der Waals surface area contributed by atoms with Gasteiger partial charge in [-0.05, 0) is 38.5 Å². The lowest BCUT2D eigenvalue weighted by Gasteiger charge is -2.30. The van der Waals surface area contributed by atoms with Crippen molar-refractivity contribution in [1.29, 1.82) is 0 Å². The Morgan fingerprint density at radius 2 is 1.97 bits per heavy atom. The van der Waals surface area contributed by atoms with Crippen molar-refractivity contribution in [3.63, 3.8) is 0 Å². The van der Waals surface area contributed by atoms with Gasteiger partial charge in [-0.3, -0.25) is 19.5 Å². The van der Waals surface area contributed by atoms with Gasteiger partial charge in [0.25, 0.3) is 11.7 Å². The SMILES string of the molecule is CCOC(=O)c1[nH]c(C)c(C(O)=C2C(=O)C(=O)N(CCN3CCOCC3)[C@H]2c2ccccn2)c1C. The maximum Gasteiger partial charge on any atom is 0.355 e. The van der Waals surface area contributed by atoms with Crippen LogP contribution in [0.25, 0.3) is 5.76 Å². The number of hydrogen-bond donors (Lipinski definition) is 2. The lowest BCUT2D eigenvalue weighted by molar-refractivity contribution is -0.140. The number of carbonyl (C=O) groups excluding carboxylic acids is 3. The molecule has 2 fully saturated rings. The number of pyridine rings is 1. The van der Waals surface area contributed by atoms with Crippen molar-refractivity contribution in [3.05, 3.63) is 58.2 Å². The van der Waals surface area contributed by atoms with Crippen LogP contribution in [0.5, 0.6) is 0 Å². The first-order valence-electron chi connectivity index (χ1n) is 11.7. The van der Waals surface area contributed by atoms with Gasteiger partial charge in [-0.1, -0.05) is 6.07 Å². The topological polar surface area (TPSA) is 125 Å². The predicted octanol–water partition coefficient (Wildman–Crippen LogP) is 1.96. The van der Waals surface area contributed by atoms with Crippen molar-refractivity contribution in [3.8, 4) is 0 Å². The molecule has 2 N–H and O–H groups in total. The van der Waals surface area contributed by atoms with E-state index < -0.39 is 23.7 Å². The van der Waals surface area contributed by atoms with Crippen molar-refractivity contribution >= 4 is 23.4 Å². The minimum atomic E-state index is -0.850. The molecule has 0 bridgehead atoms. The third-order valence-corrected chi connectivity index (χ3v) is 6.42. The van der Waals surface area contributed by atoms with E-state index in [1.54, 1.807) is 45.2 Å². The molecule has 2 aliphatic heterocycles. The lowest BCUT2D eigenvalue weighted by atomic mass is 9.96. The average Bonchev–Trinajstić information content (AvgIpc) is 3.30. The predicted molar refractivity (Wildman–Crippen MR) is 127 cm³/mol. The number of nitrogens with one attached hydrogen (secondary N) is 1. The number of H-pyrrole nitrogens is 1. The fourth-order valence-corrected chi connectivity index (χ4v) is 4.68. The molecular weight excluding hydrogens is 452 g/mol. The number of ketones is 1. The van der Waals surface area contributed by atoms with Gasteiger partial charge < -0.3 is 24.5 Å². The second-order valence-electron chi connectivity index (χ2n) is 8.55. The molecule has 2 aromatic heterocycles. The molecule has 4 rings (SSSR count). The van der Waals surface area contributed by atoms with E-state index in [1.165, 1.54) is 4.90 Å². The Morgan fingerprint density at radius 1 is 1.23 bits per heavy atom. The van der Waals surface area contributed by atoms with Crippen LogP contribution in [0, 0.1) is 13.8 Å². The highest BCUT2D eigenvalue weighted by molar-refractivity contribution is 6.46. The molecule has 186 valence electrons. The molecule has 0 radical (unpaired) electrons. The summed E-state index contributed by atoms with van der Waals surface area (Å²) in [5, 5.41) is 11.4. The second kappa shape index (κ2) is 10.4.